The maximum absolute atomic E-state index is 11.8. The molecule has 2 aromatic rings. The van der Waals surface area contributed by atoms with E-state index in [1.165, 1.54) is 12.1 Å². The number of non-ortho nitro benzene ring substituents is 1. The first kappa shape index (κ1) is 14.5. The zero-order chi connectivity index (χ0) is 16.7. The van der Waals surface area contributed by atoms with Crippen molar-refractivity contribution in [2.45, 2.75) is 6.92 Å². The molecule has 8 heteroatoms. The third-order valence-electron chi connectivity index (χ3n) is 3.35. The maximum Gasteiger partial charge on any atom is 0.349 e. The van der Waals surface area contributed by atoms with Crippen molar-refractivity contribution in [1.82, 2.24) is 4.98 Å². The molecule has 1 aromatic carbocycles. The number of aromatic nitrogens is 1. The number of esters is 1. The number of nitro benzene ring substituents is 1. The predicted octanol–water partition coefficient (Wildman–Crippen LogP) is 1.97. The molecule has 0 spiro atoms. The highest BCUT2D eigenvalue weighted by Gasteiger charge is 2.30. The van der Waals surface area contributed by atoms with Crippen molar-refractivity contribution in [3.63, 3.8) is 0 Å². The number of nitrogens with zero attached hydrogens (tertiary/aromatic N) is 1. The number of aromatic amines is 1. The topological polar surface area (TPSA) is 123 Å². The summed E-state index contributed by atoms with van der Waals surface area (Å²) in [4.78, 5) is 36.3. The lowest BCUT2D eigenvalue weighted by atomic mass is 10.1. The quantitative estimate of drug-likeness (QED) is 0.496. The second kappa shape index (κ2) is 5.09. The molecule has 23 heavy (non-hydrogen) atoms. The third-order valence-corrected chi connectivity index (χ3v) is 3.35. The number of ether oxygens (including phenoxy) is 1. The van der Waals surface area contributed by atoms with E-state index in [4.69, 9.17) is 4.74 Å². The lowest BCUT2D eigenvalue weighted by Crippen LogP contribution is -2.16. The van der Waals surface area contributed by atoms with E-state index < -0.39 is 16.5 Å². The van der Waals surface area contributed by atoms with E-state index in [1.807, 2.05) is 0 Å². The van der Waals surface area contributed by atoms with Crippen LogP contribution in [-0.2, 0) is 4.74 Å². The average Bonchev–Trinajstić information content (AvgIpc) is 2.77. The van der Waals surface area contributed by atoms with Crippen molar-refractivity contribution in [3.8, 4) is 5.75 Å². The minimum Gasteiger partial charge on any atom is -0.507 e. The van der Waals surface area contributed by atoms with Gasteiger partial charge in [0.25, 0.3) is 11.2 Å². The summed E-state index contributed by atoms with van der Waals surface area (Å²) in [6.07, 6.45) is 1.28. The Hall–Kier alpha value is -3.42. The summed E-state index contributed by atoms with van der Waals surface area (Å²) in [6, 6.07) is 5.03. The minimum absolute atomic E-state index is 0.0509. The van der Waals surface area contributed by atoms with Crippen molar-refractivity contribution >= 4 is 23.5 Å². The highest BCUT2D eigenvalue weighted by atomic mass is 16.6. The van der Waals surface area contributed by atoms with Crippen molar-refractivity contribution in [2.75, 3.05) is 0 Å². The summed E-state index contributed by atoms with van der Waals surface area (Å²) in [6.45, 7) is 1.65. The van der Waals surface area contributed by atoms with Gasteiger partial charge in [-0.15, -0.1) is 0 Å². The second-order valence-corrected chi connectivity index (χ2v) is 4.97. The van der Waals surface area contributed by atoms with Gasteiger partial charge in [0.05, 0.1) is 4.92 Å². The fraction of sp³-hybridized carbons (Fsp3) is 0.0667. The van der Waals surface area contributed by atoms with Gasteiger partial charge in [-0.2, -0.15) is 0 Å². The zero-order valence-electron chi connectivity index (χ0n) is 11.8. The molecule has 2 heterocycles. The molecule has 0 atom stereocenters. The number of phenolic OH excluding ortho intramolecular Hbond substituents is 1. The largest absolute Gasteiger partial charge is 0.507 e. The smallest absolute Gasteiger partial charge is 0.349 e. The minimum atomic E-state index is -0.808. The molecule has 3 rings (SSSR count). The number of fused-ring (bicyclic) bond motifs is 1. The van der Waals surface area contributed by atoms with Crippen LogP contribution in [0.15, 0.2) is 29.1 Å². The third kappa shape index (κ3) is 2.46. The molecule has 0 amide bonds. The fourth-order valence-corrected chi connectivity index (χ4v) is 2.31. The molecule has 1 aromatic heterocycles. The number of nitrogens with one attached hydrogen (secondary N) is 1. The Balaban J connectivity index is 2.17. The first-order valence-corrected chi connectivity index (χ1v) is 6.52. The molecule has 0 radical (unpaired) electrons. The number of nitro groups is 1. The Morgan fingerprint density at radius 2 is 2.04 bits per heavy atom. The van der Waals surface area contributed by atoms with Gasteiger partial charge < -0.3 is 14.8 Å². The van der Waals surface area contributed by atoms with E-state index in [9.17, 15) is 24.8 Å². The standard InChI is InChI=1S/C15H10N2O6/c1-7-4-10-12(23-15(20)13(10)14(19)16-7)6-8-5-9(17(21)22)2-3-11(8)18/h2-6,18H,1H3,(H,16,19)/b12-6-. The van der Waals surface area contributed by atoms with Gasteiger partial charge in [-0.25, -0.2) is 4.79 Å². The number of hydrogen-bond acceptors (Lipinski definition) is 6. The van der Waals surface area contributed by atoms with Crippen LogP contribution >= 0.6 is 0 Å². The number of aromatic hydroxyl groups is 1. The molecule has 1 aliphatic heterocycles. The zero-order valence-corrected chi connectivity index (χ0v) is 11.8. The van der Waals surface area contributed by atoms with Gasteiger partial charge in [0.2, 0.25) is 0 Å². The van der Waals surface area contributed by atoms with Crippen LogP contribution < -0.4 is 5.56 Å². The first-order valence-electron chi connectivity index (χ1n) is 6.52. The highest BCUT2D eigenvalue weighted by Crippen LogP contribution is 2.32. The van der Waals surface area contributed by atoms with Crippen LogP contribution in [0.1, 0.15) is 27.2 Å². The Kier molecular flexibility index (Phi) is 3.21. The van der Waals surface area contributed by atoms with Crippen LogP contribution in [0, 0.1) is 17.0 Å². The van der Waals surface area contributed by atoms with Crippen LogP contribution in [0.4, 0.5) is 5.69 Å². The first-order chi connectivity index (χ1) is 10.9. The van der Waals surface area contributed by atoms with E-state index in [1.54, 1.807) is 13.0 Å². The fourth-order valence-electron chi connectivity index (χ4n) is 2.31. The number of pyridine rings is 1. The lowest BCUT2D eigenvalue weighted by molar-refractivity contribution is -0.384. The Labute approximate surface area is 128 Å². The van der Waals surface area contributed by atoms with E-state index in [0.717, 1.165) is 12.1 Å². The van der Waals surface area contributed by atoms with Gasteiger partial charge >= 0.3 is 5.97 Å². The molecule has 0 unspecified atom stereocenters. The van der Waals surface area contributed by atoms with Gasteiger partial charge in [0, 0.05) is 29.0 Å². The summed E-state index contributed by atoms with van der Waals surface area (Å²) in [7, 11) is 0. The van der Waals surface area contributed by atoms with E-state index in [2.05, 4.69) is 4.98 Å². The highest BCUT2D eigenvalue weighted by molar-refractivity contribution is 6.05. The van der Waals surface area contributed by atoms with Gasteiger partial charge in [-0.3, -0.25) is 14.9 Å². The van der Waals surface area contributed by atoms with E-state index >= 15 is 0 Å². The van der Waals surface area contributed by atoms with Crippen molar-refractivity contribution in [3.05, 3.63) is 67.1 Å². The molecular formula is C15H10N2O6. The summed E-state index contributed by atoms with van der Waals surface area (Å²) < 4.78 is 5.05. The number of phenols is 1. The van der Waals surface area contributed by atoms with Crippen molar-refractivity contribution in [1.29, 1.82) is 0 Å². The lowest BCUT2D eigenvalue weighted by Gasteiger charge is -2.02. The van der Waals surface area contributed by atoms with Crippen LogP contribution in [0.5, 0.6) is 5.75 Å². The SMILES string of the molecule is Cc1cc2c(c(=O)[nH]1)C(=O)O/C2=C\c1cc([N+](=O)[O-])ccc1O. The van der Waals surface area contributed by atoms with Gasteiger partial charge in [0.15, 0.2) is 0 Å². The molecular weight excluding hydrogens is 304 g/mol. The molecule has 0 saturated heterocycles. The Bertz CT molecular complexity index is 941. The monoisotopic (exact) mass is 314 g/mol. The molecule has 2 N–H and O–H groups in total. The molecule has 0 saturated carbocycles. The summed E-state index contributed by atoms with van der Waals surface area (Å²) in [5.74, 6) is -0.971. The number of carbonyl (C=O) groups is 1. The van der Waals surface area contributed by atoms with E-state index in [0.29, 0.717) is 5.69 Å². The van der Waals surface area contributed by atoms with Crippen LogP contribution in [0.25, 0.3) is 11.8 Å². The average molecular weight is 314 g/mol. The Morgan fingerprint density at radius 1 is 1.30 bits per heavy atom. The van der Waals surface area contributed by atoms with E-state index in [-0.39, 0.29) is 33.9 Å². The summed E-state index contributed by atoms with van der Waals surface area (Å²) in [5.41, 5.74) is -0.0131. The van der Waals surface area contributed by atoms with Crippen molar-refractivity contribution in [2.24, 2.45) is 0 Å². The van der Waals surface area contributed by atoms with Crippen molar-refractivity contribution < 1.29 is 19.6 Å². The number of aryl methyl sites for hydroxylation is 1. The van der Waals surface area contributed by atoms with Gasteiger partial charge in [-0.1, -0.05) is 0 Å². The maximum atomic E-state index is 11.8. The number of rotatable bonds is 2. The molecule has 0 bridgehead atoms. The predicted molar refractivity (Wildman–Crippen MR) is 79.8 cm³/mol. The second-order valence-electron chi connectivity index (χ2n) is 4.97. The normalized spacial score (nSPS) is 14.7. The Morgan fingerprint density at radius 3 is 2.74 bits per heavy atom. The number of carbonyl (C=O) groups excluding carboxylic acids is 1. The molecule has 1 aliphatic rings. The summed E-state index contributed by atoms with van der Waals surface area (Å²) in [5, 5.41) is 20.6. The number of hydrogen-bond donors (Lipinski definition) is 2. The summed E-state index contributed by atoms with van der Waals surface area (Å²) >= 11 is 0. The van der Waals surface area contributed by atoms with Gasteiger partial charge in [0.1, 0.15) is 17.1 Å². The number of cyclic esters (lactones) is 1. The molecule has 116 valence electrons. The number of H-pyrrole nitrogens is 1. The molecule has 0 aliphatic carbocycles. The van der Waals surface area contributed by atoms with Crippen LogP contribution in [0.2, 0.25) is 0 Å². The van der Waals surface area contributed by atoms with Crippen LogP contribution in [-0.4, -0.2) is 21.0 Å². The molecule has 0 fully saturated rings. The molecule has 8 nitrogen and oxygen atoms in total. The number of benzene rings is 1. The van der Waals surface area contributed by atoms with Gasteiger partial charge in [-0.05, 0) is 25.1 Å². The van der Waals surface area contributed by atoms with Crippen LogP contribution in [0.3, 0.4) is 0 Å².